The number of nitrogens with zero attached hydrogens (tertiary/aromatic N) is 4. The molecule has 4 atom stereocenters. The van der Waals surface area contributed by atoms with Gasteiger partial charge in [-0.15, -0.1) is 0 Å². The standard InChI is InChI=1S/C20H28F3N5O2/c1-3-13-9-16(20(21,22)23)28-17(24-13)10-14(25-28)15-6-4-5-7-27(15)19(30)12-8-18(29)26(2)11-12/h10,12-13,15-16,24H,3-9,11H2,1-2H3/t12?,13-,15?,16-/m1/s1. The number of hydrogen-bond acceptors (Lipinski definition) is 4. The third kappa shape index (κ3) is 3.76. The van der Waals surface area contributed by atoms with E-state index in [0.29, 0.717) is 37.4 Å². The number of carbonyl (C=O) groups is 2. The number of alkyl halides is 3. The van der Waals surface area contributed by atoms with Gasteiger partial charge in [-0.05, 0) is 32.1 Å². The van der Waals surface area contributed by atoms with Crippen molar-refractivity contribution in [3.63, 3.8) is 0 Å². The minimum Gasteiger partial charge on any atom is -0.367 e. The molecule has 2 amide bonds. The highest BCUT2D eigenvalue weighted by Crippen LogP contribution is 2.42. The Morgan fingerprint density at radius 1 is 1.33 bits per heavy atom. The second-order valence-electron chi connectivity index (χ2n) is 8.66. The van der Waals surface area contributed by atoms with Crippen molar-refractivity contribution in [2.75, 3.05) is 25.5 Å². The van der Waals surface area contributed by atoms with Crippen LogP contribution in [-0.2, 0) is 9.59 Å². The maximum atomic E-state index is 13.7. The zero-order valence-electron chi connectivity index (χ0n) is 17.3. The molecule has 4 rings (SSSR count). The van der Waals surface area contributed by atoms with Gasteiger partial charge in [-0.2, -0.15) is 18.3 Å². The molecule has 0 radical (unpaired) electrons. The molecule has 7 nitrogen and oxygen atoms in total. The predicted octanol–water partition coefficient (Wildman–Crippen LogP) is 3.11. The summed E-state index contributed by atoms with van der Waals surface area (Å²) in [6.45, 7) is 2.78. The summed E-state index contributed by atoms with van der Waals surface area (Å²) in [5, 5.41) is 7.51. The summed E-state index contributed by atoms with van der Waals surface area (Å²) in [4.78, 5) is 28.3. The number of likely N-dealkylation sites (tertiary alicyclic amines) is 2. The highest BCUT2D eigenvalue weighted by molar-refractivity contribution is 5.89. The Hall–Kier alpha value is -2.26. The van der Waals surface area contributed by atoms with Crippen LogP contribution in [0.25, 0.3) is 0 Å². The van der Waals surface area contributed by atoms with Crippen LogP contribution in [0.1, 0.15) is 63.2 Å². The number of anilines is 1. The highest BCUT2D eigenvalue weighted by atomic mass is 19.4. The van der Waals surface area contributed by atoms with Crippen molar-refractivity contribution in [2.24, 2.45) is 5.92 Å². The van der Waals surface area contributed by atoms with Gasteiger partial charge in [-0.25, -0.2) is 4.68 Å². The van der Waals surface area contributed by atoms with E-state index < -0.39 is 18.1 Å². The van der Waals surface area contributed by atoms with Crippen molar-refractivity contribution in [2.45, 2.75) is 69.8 Å². The van der Waals surface area contributed by atoms with Crippen LogP contribution in [0, 0.1) is 5.92 Å². The van der Waals surface area contributed by atoms with Crippen LogP contribution >= 0.6 is 0 Å². The fourth-order valence-electron chi connectivity index (χ4n) is 4.87. The van der Waals surface area contributed by atoms with Crippen molar-refractivity contribution in [1.82, 2.24) is 19.6 Å². The number of carbonyl (C=O) groups excluding carboxylic acids is 2. The van der Waals surface area contributed by atoms with Gasteiger partial charge in [0, 0.05) is 38.7 Å². The van der Waals surface area contributed by atoms with E-state index in [0.717, 1.165) is 17.5 Å². The molecule has 1 aromatic rings. The summed E-state index contributed by atoms with van der Waals surface area (Å²) < 4.78 is 42.1. The van der Waals surface area contributed by atoms with E-state index in [4.69, 9.17) is 0 Å². The number of amides is 2. The van der Waals surface area contributed by atoms with Crippen LogP contribution < -0.4 is 5.32 Å². The molecular weight excluding hydrogens is 399 g/mol. The first kappa shape index (κ1) is 21.0. The zero-order valence-corrected chi connectivity index (χ0v) is 17.3. The Labute approximate surface area is 173 Å². The minimum atomic E-state index is -4.38. The first-order valence-electron chi connectivity index (χ1n) is 10.7. The average Bonchev–Trinajstić information content (AvgIpc) is 3.28. The van der Waals surface area contributed by atoms with Crippen molar-refractivity contribution >= 4 is 17.6 Å². The maximum Gasteiger partial charge on any atom is 0.410 e. The van der Waals surface area contributed by atoms with E-state index in [1.165, 1.54) is 0 Å². The number of hydrogen-bond donors (Lipinski definition) is 1. The summed E-state index contributed by atoms with van der Waals surface area (Å²) in [7, 11) is 1.68. The Morgan fingerprint density at radius 2 is 2.10 bits per heavy atom. The largest absolute Gasteiger partial charge is 0.410 e. The first-order valence-corrected chi connectivity index (χ1v) is 10.7. The Morgan fingerprint density at radius 3 is 2.73 bits per heavy atom. The van der Waals surface area contributed by atoms with Crippen LogP contribution in [0.15, 0.2) is 6.07 Å². The lowest BCUT2D eigenvalue weighted by Gasteiger charge is -2.36. The van der Waals surface area contributed by atoms with Gasteiger partial charge < -0.3 is 15.1 Å². The molecule has 3 aliphatic heterocycles. The Kier molecular flexibility index (Phi) is 5.44. The minimum absolute atomic E-state index is 0.0535. The molecule has 0 bridgehead atoms. The molecule has 0 saturated carbocycles. The second kappa shape index (κ2) is 7.77. The molecule has 0 aromatic carbocycles. The SMILES string of the molecule is CC[C@@H]1C[C@H](C(F)(F)F)n2nc(C3CCCCN3C(=O)C3CC(=O)N(C)C3)cc2N1. The Balaban J connectivity index is 1.62. The van der Waals surface area contributed by atoms with Crippen LogP contribution in [0.3, 0.4) is 0 Å². The molecule has 0 aliphatic carbocycles. The fraction of sp³-hybridized carbons (Fsp3) is 0.750. The van der Waals surface area contributed by atoms with Gasteiger partial charge in [0.05, 0.1) is 17.7 Å². The molecule has 30 heavy (non-hydrogen) atoms. The summed E-state index contributed by atoms with van der Waals surface area (Å²) in [6.07, 6.45) is -1.28. The summed E-state index contributed by atoms with van der Waals surface area (Å²) >= 11 is 0. The third-order valence-corrected chi connectivity index (χ3v) is 6.60. The van der Waals surface area contributed by atoms with E-state index in [2.05, 4.69) is 10.4 Å². The highest BCUT2D eigenvalue weighted by Gasteiger charge is 2.47. The third-order valence-electron chi connectivity index (χ3n) is 6.60. The van der Waals surface area contributed by atoms with Gasteiger partial charge in [-0.3, -0.25) is 9.59 Å². The van der Waals surface area contributed by atoms with Gasteiger partial charge in [0.25, 0.3) is 0 Å². The summed E-state index contributed by atoms with van der Waals surface area (Å²) in [6, 6.07) is -0.622. The topological polar surface area (TPSA) is 70.5 Å². The molecule has 2 fully saturated rings. The van der Waals surface area contributed by atoms with E-state index in [-0.39, 0.29) is 36.7 Å². The number of aromatic nitrogens is 2. The van der Waals surface area contributed by atoms with Crippen molar-refractivity contribution < 1.29 is 22.8 Å². The zero-order chi connectivity index (χ0) is 21.6. The van der Waals surface area contributed by atoms with Crippen molar-refractivity contribution in [3.05, 3.63) is 11.8 Å². The molecule has 166 valence electrons. The normalized spacial score (nSPS) is 29.7. The van der Waals surface area contributed by atoms with Gasteiger partial charge in [-0.1, -0.05) is 6.92 Å². The first-order chi connectivity index (χ1) is 14.2. The van der Waals surface area contributed by atoms with Gasteiger partial charge >= 0.3 is 6.18 Å². The van der Waals surface area contributed by atoms with Crippen LogP contribution in [0.4, 0.5) is 19.0 Å². The van der Waals surface area contributed by atoms with Crippen LogP contribution in [0.2, 0.25) is 0 Å². The quantitative estimate of drug-likeness (QED) is 0.805. The maximum absolute atomic E-state index is 13.7. The smallest absolute Gasteiger partial charge is 0.367 e. The summed E-state index contributed by atoms with van der Waals surface area (Å²) in [5.74, 6) is -0.192. The van der Waals surface area contributed by atoms with Crippen LogP contribution in [-0.4, -0.2) is 63.7 Å². The van der Waals surface area contributed by atoms with E-state index >= 15 is 0 Å². The molecule has 0 spiro atoms. The number of rotatable bonds is 3. The fourth-order valence-corrected chi connectivity index (χ4v) is 4.87. The van der Waals surface area contributed by atoms with Gasteiger partial charge in [0.15, 0.2) is 6.04 Å². The molecule has 3 aliphatic rings. The molecule has 1 aromatic heterocycles. The average molecular weight is 427 g/mol. The number of fused-ring (bicyclic) bond motifs is 1. The van der Waals surface area contributed by atoms with Gasteiger partial charge in [0.1, 0.15) is 5.82 Å². The van der Waals surface area contributed by atoms with E-state index in [9.17, 15) is 22.8 Å². The van der Waals surface area contributed by atoms with E-state index in [1.807, 2.05) is 6.92 Å². The lowest BCUT2D eigenvalue weighted by atomic mass is 9.96. The summed E-state index contributed by atoms with van der Waals surface area (Å²) in [5.41, 5.74) is 0.495. The number of piperidine rings is 1. The predicted molar refractivity (Wildman–Crippen MR) is 104 cm³/mol. The Bertz CT molecular complexity index is 824. The molecule has 4 heterocycles. The van der Waals surface area contributed by atoms with Crippen LogP contribution in [0.5, 0.6) is 0 Å². The van der Waals surface area contributed by atoms with E-state index in [1.54, 1.807) is 22.9 Å². The molecule has 2 unspecified atom stereocenters. The molecule has 1 N–H and O–H groups in total. The van der Waals surface area contributed by atoms with Crippen molar-refractivity contribution in [3.8, 4) is 0 Å². The second-order valence-corrected chi connectivity index (χ2v) is 8.66. The number of halogens is 3. The molecular formula is C20H28F3N5O2. The lowest BCUT2D eigenvalue weighted by molar-refractivity contribution is -0.173. The lowest BCUT2D eigenvalue weighted by Crippen LogP contribution is -2.43. The van der Waals surface area contributed by atoms with Gasteiger partial charge in [0.2, 0.25) is 11.8 Å². The number of nitrogens with one attached hydrogen (secondary N) is 1. The monoisotopic (exact) mass is 427 g/mol. The molecule has 10 heteroatoms. The van der Waals surface area contributed by atoms with Crippen molar-refractivity contribution in [1.29, 1.82) is 0 Å². The molecule has 2 saturated heterocycles.